The third kappa shape index (κ3) is 3.58. The van der Waals surface area contributed by atoms with Crippen LogP contribution in [0.25, 0.3) is 28.0 Å². The number of fused-ring (bicyclic) bond motifs is 1. The van der Waals surface area contributed by atoms with Crippen LogP contribution in [0.2, 0.25) is 0 Å². The first-order valence-corrected chi connectivity index (χ1v) is 9.91. The molecule has 0 radical (unpaired) electrons. The standard InChI is InChI=1S/C21H20N4O3S/c1-13(20(26)28-3)29-21-24-23-19(17-12-22-18-10-5-4-9-16(17)18)25(21)14-7-6-8-15(11-14)27-2/h4-13,22H,1-3H3. The molecule has 0 bridgehead atoms. The van der Waals surface area contributed by atoms with Gasteiger partial charge < -0.3 is 14.5 Å². The molecule has 0 aliphatic carbocycles. The number of hydrogen-bond acceptors (Lipinski definition) is 6. The van der Waals surface area contributed by atoms with E-state index in [1.54, 1.807) is 14.0 Å². The third-order valence-corrected chi connectivity index (χ3v) is 5.61. The van der Waals surface area contributed by atoms with Crippen molar-refractivity contribution >= 4 is 28.6 Å². The summed E-state index contributed by atoms with van der Waals surface area (Å²) in [4.78, 5) is 15.2. The van der Waals surface area contributed by atoms with Crippen LogP contribution in [-0.4, -0.2) is 45.2 Å². The van der Waals surface area contributed by atoms with Gasteiger partial charge in [-0.25, -0.2) is 0 Å². The minimum absolute atomic E-state index is 0.316. The Hall–Kier alpha value is -3.26. The lowest BCUT2D eigenvalue weighted by Crippen LogP contribution is -2.15. The number of H-pyrrole nitrogens is 1. The maximum absolute atomic E-state index is 11.9. The predicted molar refractivity (Wildman–Crippen MR) is 113 cm³/mol. The fourth-order valence-corrected chi connectivity index (χ4v) is 4.03. The number of carbonyl (C=O) groups is 1. The highest BCUT2D eigenvalue weighted by molar-refractivity contribution is 8.00. The second-order valence-corrected chi connectivity index (χ2v) is 7.68. The number of aromatic nitrogens is 4. The first kappa shape index (κ1) is 19.1. The molecule has 29 heavy (non-hydrogen) atoms. The first-order valence-electron chi connectivity index (χ1n) is 9.03. The number of para-hydroxylation sites is 1. The first-order chi connectivity index (χ1) is 14.1. The van der Waals surface area contributed by atoms with Gasteiger partial charge >= 0.3 is 5.97 Å². The lowest BCUT2D eigenvalue weighted by atomic mass is 10.1. The highest BCUT2D eigenvalue weighted by Gasteiger charge is 2.23. The summed E-state index contributed by atoms with van der Waals surface area (Å²) in [6, 6.07) is 15.7. The quantitative estimate of drug-likeness (QED) is 0.382. The maximum Gasteiger partial charge on any atom is 0.318 e. The molecule has 1 atom stereocenters. The summed E-state index contributed by atoms with van der Waals surface area (Å²) in [6.45, 7) is 1.78. The van der Waals surface area contributed by atoms with Crippen LogP contribution in [-0.2, 0) is 9.53 Å². The summed E-state index contributed by atoms with van der Waals surface area (Å²) in [6.07, 6.45) is 1.92. The van der Waals surface area contributed by atoms with Crippen LogP contribution in [0.15, 0.2) is 59.9 Å². The Bertz CT molecular complexity index is 1170. The van der Waals surface area contributed by atoms with Gasteiger partial charge in [-0.3, -0.25) is 9.36 Å². The number of hydrogen-bond donors (Lipinski definition) is 1. The number of nitrogens with zero attached hydrogens (tertiary/aromatic N) is 3. The average Bonchev–Trinajstić information content (AvgIpc) is 3.37. The molecule has 0 aliphatic rings. The van der Waals surface area contributed by atoms with Gasteiger partial charge in [-0.15, -0.1) is 10.2 Å². The van der Waals surface area contributed by atoms with Crippen LogP contribution in [0, 0.1) is 0 Å². The molecule has 7 nitrogen and oxygen atoms in total. The van der Waals surface area contributed by atoms with E-state index in [2.05, 4.69) is 15.2 Å². The van der Waals surface area contributed by atoms with Gasteiger partial charge in [0.2, 0.25) is 0 Å². The number of thioether (sulfide) groups is 1. The fraction of sp³-hybridized carbons (Fsp3) is 0.190. The average molecular weight is 408 g/mol. The molecule has 4 aromatic rings. The molecule has 1 N–H and O–H groups in total. The van der Waals surface area contributed by atoms with Gasteiger partial charge in [0.05, 0.1) is 19.9 Å². The summed E-state index contributed by atoms with van der Waals surface area (Å²) in [5.74, 6) is 1.08. The van der Waals surface area contributed by atoms with E-state index in [0.29, 0.717) is 11.0 Å². The molecular formula is C21H20N4O3S. The Labute approximate surface area is 172 Å². The van der Waals surface area contributed by atoms with Gasteiger partial charge in [0.1, 0.15) is 11.0 Å². The lowest BCUT2D eigenvalue weighted by molar-refractivity contribution is -0.139. The Morgan fingerprint density at radius 3 is 2.76 bits per heavy atom. The molecule has 0 saturated heterocycles. The number of rotatable bonds is 6. The molecule has 0 aliphatic heterocycles. The summed E-state index contributed by atoms with van der Waals surface area (Å²) in [5, 5.41) is 10.0. The van der Waals surface area contributed by atoms with Crippen molar-refractivity contribution in [3.8, 4) is 22.8 Å². The number of aromatic amines is 1. The van der Waals surface area contributed by atoms with Gasteiger partial charge in [0, 0.05) is 28.7 Å². The second kappa shape index (κ2) is 8.00. The minimum Gasteiger partial charge on any atom is -0.497 e. The van der Waals surface area contributed by atoms with Crippen molar-refractivity contribution in [2.24, 2.45) is 0 Å². The number of carbonyl (C=O) groups excluding carboxylic acids is 1. The zero-order valence-electron chi connectivity index (χ0n) is 16.2. The smallest absolute Gasteiger partial charge is 0.318 e. The van der Waals surface area contributed by atoms with Crippen LogP contribution in [0.1, 0.15) is 6.92 Å². The number of nitrogens with one attached hydrogen (secondary N) is 1. The van der Waals surface area contributed by atoms with Crippen molar-refractivity contribution in [1.82, 2.24) is 19.7 Å². The number of benzene rings is 2. The zero-order chi connectivity index (χ0) is 20.4. The molecule has 0 fully saturated rings. The van der Waals surface area contributed by atoms with E-state index in [1.165, 1.54) is 18.9 Å². The molecule has 2 heterocycles. The van der Waals surface area contributed by atoms with E-state index in [9.17, 15) is 4.79 Å². The Balaban J connectivity index is 1.88. The van der Waals surface area contributed by atoms with E-state index in [1.807, 2.05) is 59.3 Å². The monoisotopic (exact) mass is 408 g/mol. The summed E-state index contributed by atoms with van der Waals surface area (Å²) in [7, 11) is 3.00. The molecule has 148 valence electrons. The number of esters is 1. The molecule has 4 rings (SSSR count). The maximum atomic E-state index is 11.9. The van der Waals surface area contributed by atoms with Gasteiger partial charge in [-0.05, 0) is 25.1 Å². The molecule has 8 heteroatoms. The normalized spacial score (nSPS) is 12.1. The lowest BCUT2D eigenvalue weighted by Gasteiger charge is -2.13. The fourth-order valence-electron chi connectivity index (χ4n) is 3.13. The van der Waals surface area contributed by atoms with E-state index in [0.717, 1.165) is 27.9 Å². The predicted octanol–water partition coefficient (Wildman–Crippen LogP) is 4.08. The van der Waals surface area contributed by atoms with E-state index < -0.39 is 5.25 Å². The third-order valence-electron chi connectivity index (χ3n) is 4.59. The van der Waals surface area contributed by atoms with Gasteiger partial charge in [-0.2, -0.15) is 0 Å². The number of ether oxygens (including phenoxy) is 2. The van der Waals surface area contributed by atoms with Crippen molar-refractivity contribution in [3.63, 3.8) is 0 Å². The molecule has 1 unspecified atom stereocenters. The van der Waals surface area contributed by atoms with Crippen LogP contribution >= 0.6 is 11.8 Å². The summed E-state index contributed by atoms with van der Waals surface area (Å²) >= 11 is 1.30. The van der Waals surface area contributed by atoms with Gasteiger partial charge in [0.15, 0.2) is 11.0 Å². The van der Waals surface area contributed by atoms with Gasteiger partial charge in [-0.1, -0.05) is 36.0 Å². The Morgan fingerprint density at radius 2 is 1.97 bits per heavy atom. The van der Waals surface area contributed by atoms with Crippen LogP contribution in [0.5, 0.6) is 5.75 Å². The van der Waals surface area contributed by atoms with Crippen molar-refractivity contribution in [2.45, 2.75) is 17.3 Å². The van der Waals surface area contributed by atoms with Crippen LogP contribution in [0.4, 0.5) is 0 Å². The van der Waals surface area contributed by atoms with E-state index in [4.69, 9.17) is 9.47 Å². The SMILES string of the molecule is COC(=O)C(C)Sc1nnc(-c2c[nH]c3ccccc23)n1-c1cccc(OC)c1. The molecule has 0 spiro atoms. The zero-order valence-corrected chi connectivity index (χ0v) is 17.1. The molecule has 0 saturated carbocycles. The van der Waals surface area contributed by atoms with E-state index >= 15 is 0 Å². The number of methoxy groups -OCH3 is 2. The Kier molecular flexibility index (Phi) is 5.26. The van der Waals surface area contributed by atoms with Gasteiger partial charge in [0.25, 0.3) is 0 Å². The van der Waals surface area contributed by atoms with Crippen molar-refractivity contribution in [2.75, 3.05) is 14.2 Å². The van der Waals surface area contributed by atoms with Crippen molar-refractivity contribution in [1.29, 1.82) is 0 Å². The van der Waals surface area contributed by atoms with Crippen LogP contribution in [0.3, 0.4) is 0 Å². The largest absolute Gasteiger partial charge is 0.497 e. The highest BCUT2D eigenvalue weighted by atomic mass is 32.2. The second-order valence-electron chi connectivity index (χ2n) is 6.37. The molecule has 2 aromatic heterocycles. The topological polar surface area (TPSA) is 82.0 Å². The minimum atomic E-state index is -0.427. The molecule has 0 amide bonds. The van der Waals surface area contributed by atoms with Crippen molar-refractivity contribution < 1.29 is 14.3 Å². The summed E-state index contributed by atoms with van der Waals surface area (Å²) < 4.78 is 12.2. The van der Waals surface area contributed by atoms with Crippen LogP contribution < -0.4 is 4.74 Å². The highest BCUT2D eigenvalue weighted by Crippen LogP contribution is 2.34. The van der Waals surface area contributed by atoms with E-state index in [-0.39, 0.29) is 5.97 Å². The van der Waals surface area contributed by atoms with Crippen molar-refractivity contribution in [3.05, 3.63) is 54.7 Å². The Morgan fingerprint density at radius 1 is 1.14 bits per heavy atom. The molecule has 2 aromatic carbocycles. The molecular weight excluding hydrogens is 388 g/mol. The summed E-state index contributed by atoms with van der Waals surface area (Å²) in [5.41, 5.74) is 2.78.